The Bertz CT molecular complexity index is 806. The van der Waals surface area contributed by atoms with Crippen molar-refractivity contribution < 1.29 is 9.53 Å². The Kier molecular flexibility index (Phi) is 4.81. The lowest BCUT2D eigenvalue weighted by molar-refractivity contribution is -0.124. The van der Waals surface area contributed by atoms with Gasteiger partial charge in [-0.1, -0.05) is 6.92 Å². The van der Waals surface area contributed by atoms with Crippen LogP contribution >= 0.6 is 0 Å². The molecule has 26 heavy (non-hydrogen) atoms. The Labute approximate surface area is 154 Å². The number of ether oxygens (including phenoxy) is 1. The van der Waals surface area contributed by atoms with Crippen molar-refractivity contribution in [2.24, 2.45) is 5.92 Å². The molecule has 2 saturated heterocycles. The first-order chi connectivity index (χ1) is 12.6. The number of aromatic nitrogens is 1. The van der Waals surface area contributed by atoms with Gasteiger partial charge in [0.25, 0.3) is 5.91 Å². The standard InChI is InChI=1S/C21H27N3O2/c1-14-7-9-24(10-8-14)20-12-15(2)17-13-16(5-6-18(17)23-20)22-21(25)19-4-3-11-26-19/h5-6,12-14,19H,3-4,7-11H2,1-2H3,(H,22,25). The van der Waals surface area contributed by atoms with Gasteiger partial charge in [-0.2, -0.15) is 0 Å². The Morgan fingerprint density at radius 3 is 2.77 bits per heavy atom. The molecule has 1 amide bonds. The van der Waals surface area contributed by atoms with Gasteiger partial charge in [0, 0.05) is 30.8 Å². The van der Waals surface area contributed by atoms with Crippen molar-refractivity contribution >= 4 is 28.3 Å². The Morgan fingerprint density at radius 1 is 1.23 bits per heavy atom. The molecule has 4 rings (SSSR count). The highest BCUT2D eigenvalue weighted by Gasteiger charge is 2.23. The summed E-state index contributed by atoms with van der Waals surface area (Å²) in [6.07, 6.45) is 3.91. The molecule has 3 heterocycles. The van der Waals surface area contributed by atoms with Crippen molar-refractivity contribution in [1.82, 2.24) is 4.98 Å². The van der Waals surface area contributed by atoms with Crippen LogP contribution in [0.4, 0.5) is 11.5 Å². The summed E-state index contributed by atoms with van der Waals surface area (Å²) in [7, 11) is 0. The van der Waals surface area contributed by atoms with Crippen LogP contribution in [0.5, 0.6) is 0 Å². The van der Waals surface area contributed by atoms with Gasteiger partial charge in [-0.25, -0.2) is 4.98 Å². The average molecular weight is 353 g/mol. The van der Waals surface area contributed by atoms with Gasteiger partial charge in [0.05, 0.1) is 5.52 Å². The number of benzene rings is 1. The maximum Gasteiger partial charge on any atom is 0.253 e. The molecule has 5 nitrogen and oxygen atoms in total. The molecule has 1 aromatic heterocycles. The lowest BCUT2D eigenvalue weighted by atomic mass is 9.99. The molecule has 1 aromatic carbocycles. The van der Waals surface area contributed by atoms with E-state index in [0.29, 0.717) is 6.61 Å². The fraction of sp³-hybridized carbons (Fsp3) is 0.524. The second-order valence-corrected chi connectivity index (χ2v) is 7.69. The maximum absolute atomic E-state index is 12.3. The summed E-state index contributed by atoms with van der Waals surface area (Å²) in [6, 6.07) is 8.13. The fourth-order valence-corrected chi connectivity index (χ4v) is 3.86. The van der Waals surface area contributed by atoms with E-state index in [0.717, 1.165) is 54.3 Å². The summed E-state index contributed by atoms with van der Waals surface area (Å²) in [6.45, 7) is 7.27. The van der Waals surface area contributed by atoms with Crippen molar-refractivity contribution in [2.75, 3.05) is 29.9 Å². The number of nitrogens with one attached hydrogen (secondary N) is 1. The zero-order chi connectivity index (χ0) is 18.1. The van der Waals surface area contributed by atoms with Crippen LogP contribution in [-0.2, 0) is 9.53 Å². The first kappa shape index (κ1) is 17.3. The van der Waals surface area contributed by atoms with E-state index in [4.69, 9.17) is 9.72 Å². The molecule has 1 N–H and O–H groups in total. The molecule has 0 aliphatic carbocycles. The van der Waals surface area contributed by atoms with Crippen molar-refractivity contribution in [2.45, 2.75) is 45.6 Å². The first-order valence-electron chi connectivity index (χ1n) is 9.69. The van der Waals surface area contributed by atoms with Crippen LogP contribution in [0.25, 0.3) is 10.9 Å². The molecule has 2 fully saturated rings. The van der Waals surface area contributed by atoms with Crippen LogP contribution in [0.1, 0.15) is 38.2 Å². The van der Waals surface area contributed by atoms with Gasteiger partial charge in [0.2, 0.25) is 0 Å². The normalized spacial score (nSPS) is 21.3. The second kappa shape index (κ2) is 7.23. The SMILES string of the molecule is Cc1cc(N2CCC(C)CC2)nc2ccc(NC(=O)C3CCCO3)cc12. The van der Waals surface area contributed by atoms with E-state index in [9.17, 15) is 4.79 Å². The minimum absolute atomic E-state index is 0.0495. The van der Waals surface area contributed by atoms with Crippen LogP contribution in [0.2, 0.25) is 0 Å². The molecule has 2 aliphatic rings. The average Bonchev–Trinajstić information content (AvgIpc) is 3.17. The molecule has 0 bridgehead atoms. The Morgan fingerprint density at radius 2 is 2.04 bits per heavy atom. The van der Waals surface area contributed by atoms with Gasteiger partial charge >= 0.3 is 0 Å². The summed E-state index contributed by atoms with van der Waals surface area (Å²) in [5.74, 6) is 1.83. The summed E-state index contributed by atoms with van der Waals surface area (Å²) < 4.78 is 5.46. The van der Waals surface area contributed by atoms with E-state index in [1.807, 2.05) is 18.2 Å². The number of carbonyl (C=O) groups excluding carboxylic acids is 1. The van der Waals surface area contributed by atoms with Gasteiger partial charge in [-0.3, -0.25) is 4.79 Å². The van der Waals surface area contributed by atoms with Crippen molar-refractivity contribution in [3.8, 4) is 0 Å². The van der Waals surface area contributed by atoms with Crippen molar-refractivity contribution in [3.63, 3.8) is 0 Å². The Balaban J connectivity index is 1.55. The number of piperidine rings is 1. The summed E-state index contributed by atoms with van der Waals surface area (Å²) >= 11 is 0. The summed E-state index contributed by atoms with van der Waals surface area (Å²) in [4.78, 5) is 19.5. The molecule has 2 aliphatic heterocycles. The number of anilines is 2. The summed E-state index contributed by atoms with van der Waals surface area (Å²) in [5, 5.41) is 4.07. The van der Waals surface area contributed by atoms with Crippen LogP contribution in [0.15, 0.2) is 24.3 Å². The predicted octanol–water partition coefficient (Wildman–Crippen LogP) is 3.90. The molecule has 2 aromatic rings. The third-order valence-electron chi connectivity index (χ3n) is 5.60. The molecule has 5 heteroatoms. The molecule has 1 unspecified atom stereocenters. The number of rotatable bonds is 3. The molecule has 0 spiro atoms. The number of carbonyl (C=O) groups is 1. The van der Waals surface area contributed by atoms with E-state index in [1.54, 1.807) is 0 Å². The lowest BCUT2D eigenvalue weighted by Crippen LogP contribution is -2.33. The van der Waals surface area contributed by atoms with Gasteiger partial charge in [-0.05, 0) is 68.4 Å². The van der Waals surface area contributed by atoms with Crippen molar-refractivity contribution in [1.29, 1.82) is 0 Å². The molecular formula is C21H27N3O2. The van der Waals surface area contributed by atoms with Crippen molar-refractivity contribution in [3.05, 3.63) is 29.8 Å². The van der Waals surface area contributed by atoms with Crippen LogP contribution < -0.4 is 10.2 Å². The zero-order valence-corrected chi connectivity index (χ0v) is 15.6. The number of nitrogens with zero attached hydrogens (tertiary/aromatic N) is 2. The first-order valence-corrected chi connectivity index (χ1v) is 9.69. The van der Waals surface area contributed by atoms with Crippen LogP contribution in [0.3, 0.4) is 0 Å². The second-order valence-electron chi connectivity index (χ2n) is 7.69. The number of fused-ring (bicyclic) bond motifs is 1. The predicted molar refractivity (Wildman–Crippen MR) is 105 cm³/mol. The van der Waals surface area contributed by atoms with E-state index in [-0.39, 0.29) is 12.0 Å². The number of amides is 1. The third kappa shape index (κ3) is 3.54. The Hall–Kier alpha value is -2.14. The van der Waals surface area contributed by atoms with E-state index in [2.05, 4.69) is 30.1 Å². The van der Waals surface area contributed by atoms with Crippen LogP contribution in [-0.4, -0.2) is 36.7 Å². The highest BCUT2D eigenvalue weighted by Crippen LogP contribution is 2.28. The van der Waals surface area contributed by atoms with Gasteiger partial charge in [0.1, 0.15) is 11.9 Å². The van der Waals surface area contributed by atoms with Crippen LogP contribution in [0, 0.1) is 12.8 Å². The molecular weight excluding hydrogens is 326 g/mol. The number of aryl methyl sites for hydroxylation is 1. The minimum atomic E-state index is -0.311. The molecule has 0 radical (unpaired) electrons. The van der Waals surface area contributed by atoms with E-state index in [1.165, 1.54) is 18.4 Å². The zero-order valence-electron chi connectivity index (χ0n) is 15.6. The number of hydrogen-bond donors (Lipinski definition) is 1. The quantitative estimate of drug-likeness (QED) is 0.909. The van der Waals surface area contributed by atoms with Gasteiger partial charge in [0.15, 0.2) is 0 Å². The molecule has 0 saturated carbocycles. The number of pyridine rings is 1. The minimum Gasteiger partial charge on any atom is -0.368 e. The van der Waals surface area contributed by atoms with Gasteiger partial charge < -0.3 is 15.0 Å². The van der Waals surface area contributed by atoms with E-state index >= 15 is 0 Å². The smallest absolute Gasteiger partial charge is 0.253 e. The third-order valence-corrected chi connectivity index (χ3v) is 5.60. The topological polar surface area (TPSA) is 54.5 Å². The number of hydrogen-bond acceptors (Lipinski definition) is 4. The fourth-order valence-electron chi connectivity index (χ4n) is 3.86. The van der Waals surface area contributed by atoms with E-state index < -0.39 is 0 Å². The lowest BCUT2D eigenvalue weighted by Gasteiger charge is -2.31. The molecule has 138 valence electrons. The highest BCUT2D eigenvalue weighted by atomic mass is 16.5. The summed E-state index contributed by atoms with van der Waals surface area (Å²) in [5.41, 5.74) is 2.98. The maximum atomic E-state index is 12.3. The highest BCUT2D eigenvalue weighted by molar-refractivity contribution is 5.97. The largest absolute Gasteiger partial charge is 0.368 e. The van der Waals surface area contributed by atoms with Gasteiger partial charge in [-0.15, -0.1) is 0 Å². The monoisotopic (exact) mass is 353 g/mol. The molecule has 1 atom stereocenters.